The normalized spacial score (nSPS) is 18.2. The second kappa shape index (κ2) is 8.96. The molecule has 0 amide bonds. The van der Waals surface area contributed by atoms with Gasteiger partial charge in [0.1, 0.15) is 0 Å². The Kier molecular flexibility index (Phi) is 6.79. The van der Waals surface area contributed by atoms with E-state index in [4.69, 9.17) is 4.74 Å². The second-order valence-electron chi connectivity index (χ2n) is 8.02. The molecule has 0 aromatic heterocycles. The Morgan fingerprint density at radius 3 is 2.17 bits per heavy atom. The quantitative estimate of drug-likeness (QED) is 0.784. The fraction of sp³-hybridized carbons (Fsp3) is 0.478. The first kappa shape index (κ1) is 22.0. The summed E-state index contributed by atoms with van der Waals surface area (Å²) < 4.78 is 34.9. The smallest absolute Gasteiger partial charge is 0.241 e. The maximum atomic E-state index is 13.1. The Bertz CT molecular complexity index is 942. The molecular weight excluding hydrogens is 384 g/mol. The highest BCUT2D eigenvalue weighted by molar-refractivity contribution is 7.89. The average molecular weight is 417 g/mol. The molecule has 3 rings (SSSR count). The van der Waals surface area contributed by atoms with Crippen molar-refractivity contribution < 1.29 is 13.2 Å². The highest BCUT2D eigenvalue weighted by atomic mass is 32.2. The maximum absolute atomic E-state index is 13.1. The molecule has 29 heavy (non-hydrogen) atoms. The first-order valence-electron chi connectivity index (χ1n) is 10.1. The zero-order chi connectivity index (χ0) is 21.2. The van der Waals surface area contributed by atoms with Crippen molar-refractivity contribution in [2.24, 2.45) is 0 Å². The summed E-state index contributed by atoms with van der Waals surface area (Å²) in [5.74, 6) is 0. The Hall–Kier alpha value is -1.73. The minimum Gasteiger partial charge on any atom is -0.374 e. The van der Waals surface area contributed by atoms with Gasteiger partial charge in [-0.25, -0.2) is 13.1 Å². The number of nitrogens with zero attached hydrogens (tertiary/aromatic N) is 1. The highest BCUT2D eigenvalue weighted by Gasteiger charge is 2.26. The molecule has 6 heteroatoms. The van der Waals surface area contributed by atoms with Crippen molar-refractivity contribution >= 4 is 10.0 Å². The van der Waals surface area contributed by atoms with Crippen LogP contribution >= 0.6 is 0 Å². The molecular formula is C23H32N2O3S. The molecule has 1 N–H and O–H groups in total. The van der Waals surface area contributed by atoms with Gasteiger partial charge >= 0.3 is 0 Å². The van der Waals surface area contributed by atoms with Gasteiger partial charge < -0.3 is 4.74 Å². The van der Waals surface area contributed by atoms with E-state index in [2.05, 4.69) is 21.8 Å². The predicted molar refractivity (Wildman–Crippen MR) is 117 cm³/mol. The van der Waals surface area contributed by atoms with Gasteiger partial charge in [-0.05, 0) is 68.0 Å². The van der Waals surface area contributed by atoms with E-state index in [1.165, 1.54) is 5.56 Å². The molecule has 1 atom stereocenters. The molecule has 1 fully saturated rings. The number of hydrogen-bond acceptors (Lipinski definition) is 4. The van der Waals surface area contributed by atoms with E-state index < -0.39 is 10.0 Å². The first-order valence-corrected chi connectivity index (χ1v) is 11.6. The standard InChI is InChI=1S/C23H32N2O3S/c1-16-17(2)19(4)23(20(5)18(16)3)29(26,27)24-13-22-15-25(11-12-28-22)14-21-9-7-6-8-10-21/h6-10,22,24H,11-15H2,1-5H3. The highest BCUT2D eigenvalue weighted by Crippen LogP contribution is 2.29. The van der Waals surface area contributed by atoms with Crippen LogP contribution in [0.25, 0.3) is 0 Å². The predicted octanol–water partition coefficient (Wildman–Crippen LogP) is 3.41. The lowest BCUT2D eigenvalue weighted by Crippen LogP contribution is -2.47. The lowest BCUT2D eigenvalue weighted by atomic mass is 9.95. The van der Waals surface area contributed by atoms with Gasteiger partial charge in [0.2, 0.25) is 10.0 Å². The van der Waals surface area contributed by atoms with Crippen LogP contribution in [0.3, 0.4) is 0 Å². The summed E-state index contributed by atoms with van der Waals surface area (Å²) in [4.78, 5) is 2.73. The van der Waals surface area contributed by atoms with Crippen molar-refractivity contribution in [3.63, 3.8) is 0 Å². The van der Waals surface area contributed by atoms with Gasteiger partial charge in [0.05, 0.1) is 17.6 Å². The van der Waals surface area contributed by atoms with Crippen LogP contribution in [0.15, 0.2) is 35.2 Å². The van der Waals surface area contributed by atoms with Crippen LogP contribution in [0.5, 0.6) is 0 Å². The van der Waals surface area contributed by atoms with Gasteiger partial charge in [-0.3, -0.25) is 4.90 Å². The molecule has 1 heterocycles. The molecule has 0 radical (unpaired) electrons. The summed E-state index contributed by atoms with van der Waals surface area (Å²) in [7, 11) is -3.61. The van der Waals surface area contributed by atoms with Crippen molar-refractivity contribution in [2.45, 2.75) is 52.2 Å². The van der Waals surface area contributed by atoms with E-state index in [-0.39, 0.29) is 12.6 Å². The van der Waals surface area contributed by atoms with Crippen LogP contribution in [0.2, 0.25) is 0 Å². The van der Waals surface area contributed by atoms with Crippen LogP contribution in [0, 0.1) is 34.6 Å². The topological polar surface area (TPSA) is 58.6 Å². The van der Waals surface area contributed by atoms with Crippen molar-refractivity contribution in [1.29, 1.82) is 0 Å². The van der Waals surface area contributed by atoms with Gasteiger partial charge in [0.25, 0.3) is 0 Å². The third-order valence-corrected chi connectivity index (χ3v) is 7.87. The monoisotopic (exact) mass is 416 g/mol. The SMILES string of the molecule is Cc1c(C)c(C)c(S(=O)(=O)NCC2CN(Cc3ccccc3)CCO2)c(C)c1C. The lowest BCUT2D eigenvalue weighted by Gasteiger charge is -2.33. The van der Waals surface area contributed by atoms with Crippen LogP contribution in [0.1, 0.15) is 33.4 Å². The maximum Gasteiger partial charge on any atom is 0.241 e. The molecule has 0 aliphatic carbocycles. The van der Waals surface area contributed by atoms with Gasteiger partial charge in [0, 0.05) is 26.2 Å². The van der Waals surface area contributed by atoms with E-state index in [0.717, 1.165) is 40.9 Å². The van der Waals surface area contributed by atoms with Gasteiger partial charge in [-0.15, -0.1) is 0 Å². The van der Waals surface area contributed by atoms with Crippen LogP contribution in [-0.4, -0.2) is 45.7 Å². The minimum atomic E-state index is -3.61. The molecule has 1 aliphatic rings. The number of ether oxygens (including phenoxy) is 1. The van der Waals surface area contributed by atoms with Gasteiger partial charge in [-0.1, -0.05) is 30.3 Å². The third kappa shape index (κ3) is 4.89. The molecule has 0 saturated carbocycles. The number of morpholine rings is 1. The summed E-state index contributed by atoms with van der Waals surface area (Å²) in [6.07, 6.45) is -0.157. The zero-order valence-electron chi connectivity index (χ0n) is 18.1. The lowest BCUT2D eigenvalue weighted by molar-refractivity contribution is -0.0276. The van der Waals surface area contributed by atoms with E-state index in [1.54, 1.807) is 0 Å². The average Bonchev–Trinajstić information content (AvgIpc) is 2.70. The molecule has 2 aromatic carbocycles. The van der Waals surface area contributed by atoms with E-state index >= 15 is 0 Å². The molecule has 1 aliphatic heterocycles. The molecule has 0 bridgehead atoms. The van der Waals surface area contributed by atoms with Crippen LogP contribution in [0.4, 0.5) is 0 Å². The summed E-state index contributed by atoms with van der Waals surface area (Å²) in [6.45, 7) is 13.1. The first-order chi connectivity index (χ1) is 13.7. The van der Waals surface area contributed by atoms with Gasteiger partial charge in [0.15, 0.2) is 0 Å². The summed E-state index contributed by atoms with van der Waals surface area (Å²) in [5, 5.41) is 0. The summed E-state index contributed by atoms with van der Waals surface area (Å²) in [5.41, 5.74) is 6.14. The Morgan fingerprint density at radius 1 is 0.966 bits per heavy atom. The van der Waals surface area contributed by atoms with E-state index in [0.29, 0.717) is 18.0 Å². The Balaban J connectivity index is 1.69. The molecule has 1 unspecified atom stereocenters. The molecule has 2 aromatic rings. The van der Waals surface area contributed by atoms with Crippen LogP contribution in [-0.2, 0) is 21.3 Å². The number of benzene rings is 2. The number of hydrogen-bond donors (Lipinski definition) is 1. The van der Waals surface area contributed by atoms with Crippen LogP contribution < -0.4 is 4.72 Å². The number of nitrogens with one attached hydrogen (secondary N) is 1. The van der Waals surface area contributed by atoms with Crippen molar-refractivity contribution in [3.8, 4) is 0 Å². The minimum absolute atomic E-state index is 0.157. The van der Waals surface area contributed by atoms with Crippen molar-refractivity contribution in [2.75, 3.05) is 26.2 Å². The number of sulfonamides is 1. The summed E-state index contributed by atoms with van der Waals surface area (Å²) in [6, 6.07) is 10.3. The molecule has 158 valence electrons. The van der Waals surface area contributed by atoms with Crippen molar-refractivity contribution in [1.82, 2.24) is 9.62 Å². The molecule has 5 nitrogen and oxygen atoms in total. The third-order valence-electron chi connectivity index (χ3n) is 6.17. The van der Waals surface area contributed by atoms with Crippen molar-refractivity contribution in [3.05, 3.63) is 63.7 Å². The Morgan fingerprint density at radius 2 is 1.55 bits per heavy atom. The summed E-state index contributed by atoms with van der Waals surface area (Å²) >= 11 is 0. The fourth-order valence-corrected chi connectivity index (χ4v) is 5.69. The Labute approximate surface area is 175 Å². The second-order valence-corrected chi connectivity index (χ2v) is 9.72. The van der Waals surface area contributed by atoms with Gasteiger partial charge in [-0.2, -0.15) is 0 Å². The van der Waals surface area contributed by atoms with E-state index in [1.807, 2.05) is 52.8 Å². The molecule has 1 saturated heterocycles. The van der Waals surface area contributed by atoms with E-state index in [9.17, 15) is 8.42 Å². The fourth-order valence-electron chi connectivity index (χ4n) is 4.03. The largest absolute Gasteiger partial charge is 0.374 e. The zero-order valence-corrected chi connectivity index (χ0v) is 18.9. The molecule has 0 spiro atoms. The number of rotatable bonds is 6.